The Labute approximate surface area is 115 Å². The lowest BCUT2D eigenvalue weighted by molar-refractivity contribution is -0.174. The Morgan fingerprint density at radius 1 is 1.21 bits per heavy atom. The third kappa shape index (κ3) is 7.40. The van der Waals surface area contributed by atoms with E-state index in [0.717, 1.165) is 5.56 Å². The highest BCUT2D eigenvalue weighted by molar-refractivity contribution is 6.30. The van der Waals surface area contributed by atoms with Crippen molar-refractivity contribution in [3.8, 4) is 0 Å². The second kappa shape index (κ2) is 7.72. The van der Waals surface area contributed by atoms with Crippen LogP contribution in [0.2, 0.25) is 5.02 Å². The highest BCUT2D eigenvalue weighted by atomic mass is 35.5. The summed E-state index contributed by atoms with van der Waals surface area (Å²) in [4.78, 5) is 0. The van der Waals surface area contributed by atoms with Crippen LogP contribution in [0.1, 0.15) is 12.0 Å². The number of nitrogens with two attached hydrogens (primary N) is 1. The molecule has 0 aliphatic carbocycles. The van der Waals surface area contributed by atoms with E-state index in [1.165, 1.54) is 0 Å². The van der Waals surface area contributed by atoms with Crippen LogP contribution in [0.3, 0.4) is 0 Å². The third-order valence-corrected chi connectivity index (χ3v) is 2.96. The SMILES string of the molecule is NCC(CCOCC(F)(F)F)Cc1ccc(Cl)cc1. The first-order chi connectivity index (χ1) is 8.90. The van der Waals surface area contributed by atoms with Gasteiger partial charge in [-0.25, -0.2) is 0 Å². The van der Waals surface area contributed by atoms with Gasteiger partial charge in [-0.15, -0.1) is 0 Å². The van der Waals surface area contributed by atoms with Gasteiger partial charge in [-0.2, -0.15) is 13.2 Å². The Hall–Kier alpha value is -0.780. The van der Waals surface area contributed by atoms with Crippen LogP contribution in [-0.4, -0.2) is 25.9 Å². The summed E-state index contributed by atoms with van der Waals surface area (Å²) in [7, 11) is 0. The summed E-state index contributed by atoms with van der Waals surface area (Å²) >= 11 is 5.78. The second-order valence-corrected chi connectivity index (χ2v) is 4.83. The summed E-state index contributed by atoms with van der Waals surface area (Å²) in [6, 6.07) is 7.35. The zero-order chi connectivity index (χ0) is 14.3. The first kappa shape index (κ1) is 16.3. The van der Waals surface area contributed by atoms with E-state index >= 15 is 0 Å². The number of benzene rings is 1. The predicted octanol–water partition coefficient (Wildman–Crippen LogP) is 3.43. The zero-order valence-electron chi connectivity index (χ0n) is 10.4. The molecule has 0 fully saturated rings. The average molecular weight is 296 g/mol. The molecule has 2 nitrogen and oxygen atoms in total. The molecule has 0 aliphatic rings. The lowest BCUT2D eigenvalue weighted by Gasteiger charge is -2.15. The fourth-order valence-electron chi connectivity index (χ4n) is 1.69. The maximum absolute atomic E-state index is 11.9. The van der Waals surface area contributed by atoms with Gasteiger partial charge in [-0.3, -0.25) is 0 Å². The van der Waals surface area contributed by atoms with Crippen LogP contribution < -0.4 is 5.73 Å². The van der Waals surface area contributed by atoms with Crippen molar-refractivity contribution in [1.29, 1.82) is 0 Å². The van der Waals surface area contributed by atoms with E-state index in [4.69, 9.17) is 17.3 Å². The van der Waals surface area contributed by atoms with Crippen molar-refractivity contribution in [2.45, 2.75) is 19.0 Å². The van der Waals surface area contributed by atoms with Gasteiger partial charge in [0.2, 0.25) is 0 Å². The van der Waals surface area contributed by atoms with Crippen LogP contribution in [0.4, 0.5) is 13.2 Å². The molecule has 1 rings (SSSR count). The van der Waals surface area contributed by atoms with Gasteiger partial charge in [0.05, 0.1) is 0 Å². The summed E-state index contributed by atoms with van der Waals surface area (Å²) in [5.74, 6) is 0.106. The van der Waals surface area contributed by atoms with Gasteiger partial charge in [-0.1, -0.05) is 23.7 Å². The quantitative estimate of drug-likeness (QED) is 0.782. The Bertz CT molecular complexity index is 367. The maximum Gasteiger partial charge on any atom is 0.411 e. The topological polar surface area (TPSA) is 35.2 Å². The van der Waals surface area contributed by atoms with Gasteiger partial charge >= 0.3 is 6.18 Å². The molecule has 0 aliphatic heterocycles. The molecule has 0 saturated carbocycles. The minimum atomic E-state index is -4.27. The van der Waals surface area contributed by atoms with E-state index in [-0.39, 0.29) is 12.5 Å². The normalized spacial score (nSPS) is 13.5. The fourth-order valence-corrected chi connectivity index (χ4v) is 1.82. The number of hydrogen-bond donors (Lipinski definition) is 1. The zero-order valence-corrected chi connectivity index (χ0v) is 11.2. The van der Waals surface area contributed by atoms with Gasteiger partial charge in [0.15, 0.2) is 0 Å². The van der Waals surface area contributed by atoms with Crippen LogP contribution in [-0.2, 0) is 11.2 Å². The van der Waals surface area contributed by atoms with E-state index in [1.807, 2.05) is 12.1 Å². The second-order valence-electron chi connectivity index (χ2n) is 4.39. The molecule has 1 aromatic rings. The van der Waals surface area contributed by atoms with E-state index in [0.29, 0.717) is 24.4 Å². The van der Waals surface area contributed by atoms with Gasteiger partial charge < -0.3 is 10.5 Å². The molecule has 6 heteroatoms. The van der Waals surface area contributed by atoms with Crippen molar-refractivity contribution in [1.82, 2.24) is 0 Å². The first-order valence-corrected chi connectivity index (χ1v) is 6.37. The van der Waals surface area contributed by atoms with Gasteiger partial charge in [0.1, 0.15) is 6.61 Å². The molecule has 0 spiro atoms. The lowest BCUT2D eigenvalue weighted by Crippen LogP contribution is -2.22. The summed E-state index contributed by atoms with van der Waals surface area (Å²) < 4.78 is 40.2. The largest absolute Gasteiger partial charge is 0.411 e. The molecule has 0 radical (unpaired) electrons. The Balaban J connectivity index is 2.31. The van der Waals surface area contributed by atoms with Crippen molar-refractivity contribution in [2.24, 2.45) is 11.7 Å². The van der Waals surface area contributed by atoms with Crippen molar-refractivity contribution < 1.29 is 17.9 Å². The fraction of sp³-hybridized carbons (Fsp3) is 0.538. The lowest BCUT2D eigenvalue weighted by atomic mass is 9.97. The molecule has 108 valence electrons. The van der Waals surface area contributed by atoms with Crippen molar-refractivity contribution in [3.05, 3.63) is 34.9 Å². The third-order valence-electron chi connectivity index (χ3n) is 2.71. The van der Waals surface area contributed by atoms with Crippen molar-refractivity contribution in [2.75, 3.05) is 19.8 Å². The van der Waals surface area contributed by atoms with Crippen molar-refractivity contribution in [3.63, 3.8) is 0 Å². The molecule has 0 saturated heterocycles. The minimum absolute atomic E-state index is 0.0645. The molecule has 19 heavy (non-hydrogen) atoms. The average Bonchev–Trinajstić information content (AvgIpc) is 2.34. The number of alkyl halides is 3. The Morgan fingerprint density at radius 3 is 2.37 bits per heavy atom. The molecule has 0 amide bonds. The van der Waals surface area contributed by atoms with Crippen LogP contribution in [0.15, 0.2) is 24.3 Å². The monoisotopic (exact) mass is 295 g/mol. The highest BCUT2D eigenvalue weighted by Crippen LogP contribution is 2.17. The highest BCUT2D eigenvalue weighted by Gasteiger charge is 2.27. The van der Waals surface area contributed by atoms with E-state index < -0.39 is 12.8 Å². The van der Waals surface area contributed by atoms with E-state index in [9.17, 15) is 13.2 Å². The predicted molar refractivity (Wildman–Crippen MR) is 69.2 cm³/mol. The molecule has 0 aromatic heterocycles. The molecule has 1 unspecified atom stereocenters. The first-order valence-electron chi connectivity index (χ1n) is 5.99. The molecule has 0 bridgehead atoms. The van der Waals surface area contributed by atoms with E-state index in [1.54, 1.807) is 12.1 Å². The molecule has 0 heterocycles. The smallest absolute Gasteiger partial charge is 0.372 e. The molecular weight excluding hydrogens is 279 g/mol. The van der Waals surface area contributed by atoms with Crippen LogP contribution >= 0.6 is 11.6 Å². The molecule has 2 N–H and O–H groups in total. The Kier molecular flexibility index (Phi) is 6.62. The summed E-state index contributed by atoms with van der Waals surface area (Å²) in [5.41, 5.74) is 6.68. The number of hydrogen-bond acceptors (Lipinski definition) is 2. The number of halogens is 4. The van der Waals surface area contributed by atoms with Crippen molar-refractivity contribution >= 4 is 11.6 Å². The van der Waals surface area contributed by atoms with Crippen LogP contribution in [0, 0.1) is 5.92 Å². The van der Waals surface area contributed by atoms with Crippen LogP contribution in [0.25, 0.3) is 0 Å². The number of ether oxygens (including phenoxy) is 1. The molecule has 1 aromatic carbocycles. The number of rotatable bonds is 7. The van der Waals surface area contributed by atoms with Crippen LogP contribution in [0.5, 0.6) is 0 Å². The van der Waals surface area contributed by atoms with Gasteiger partial charge in [-0.05, 0) is 43.0 Å². The Morgan fingerprint density at radius 2 is 1.84 bits per heavy atom. The van der Waals surface area contributed by atoms with Gasteiger partial charge in [0.25, 0.3) is 0 Å². The minimum Gasteiger partial charge on any atom is -0.372 e. The summed E-state index contributed by atoms with van der Waals surface area (Å²) in [6.07, 6.45) is -3.05. The summed E-state index contributed by atoms with van der Waals surface area (Å²) in [6.45, 7) is -0.724. The maximum atomic E-state index is 11.9. The standard InChI is InChI=1S/C13H17ClF3NO/c14-12-3-1-10(2-4-12)7-11(8-18)5-6-19-9-13(15,16)17/h1-4,11H,5-9,18H2. The van der Waals surface area contributed by atoms with Gasteiger partial charge in [0, 0.05) is 11.6 Å². The van der Waals surface area contributed by atoms with E-state index in [2.05, 4.69) is 4.74 Å². The molecular formula is C13H17ClF3NO. The molecule has 1 atom stereocenters. The summed E-state index contributed by atoms with van der Waals surface area (Å²) in [5, 5.41) is 0.654.